The Hall–Kier alpha value is -0.880. The van der Waals surface area contributed by atoms with Crippen LogP contribution < -0.4 is 16.2 Å². The Morgan fingerprint density at radius 1 is 1.30 bits per heavy atom. The van der Waals surface area contributed by atoms with Gasteiger partial charge in [0.15, 0.2) is 0 Å². The second-order valence-electron chi connectivity index (χ2n) is 5.95. The molecule has 1 saturated carbocycles. The van der Waals surface area contributed by atoms with Crippen LogP contribution in [-0.2, 0) is 6.54 Å². The molecule has 1 aromatic heterocycles. The molecule has 1 saturated heterocycles. The number of aromatic nitrogens is 2. The molecule has 1 aliphatic carbocycles. The smallest absolute Gasteiger partial charge is 0.291 e. The van der Waals surface area contributed by atoms with Crippen molar-refractivity contribution in [3.05, 3.63) is 21.0 Å². The summed E-state index contributed by atoms with van der Waals surface area (Å²) in [6.45, 7) is 2.46. The fraction of sp³-hybridized carbons (Fsp3) is 0.714. The predicted octanol–water partition coefficient (Wildman–Crippen LogP) is 1.73. The second-order valence-corrected chi connectivity index (χ2v) is 6.80. The Labute approximate surface area is 127 Å². The van der Waals surface area contributed by atoms with E-state index in [1.165, 1.54) is 19.3 Å². The van der Waals surface area contributed by atoms with E-state index < -0.39 is 0 Å². The molecule has 2 fully saturated rings. The van der Waals surface area contributed by atoms with E-state index >= 15 is 0 Å². The van der Waals surface area contributed by atoms with E-state index in [4.69, 9.17) is 5.73 Å². The third-order valence-electron chi connectivity index (χ3n) is 4.49. The summed E-state index contributed by atoms with van der Waals surface area (Å²) in [5, 5.41) is 4.28. The molecule has 0 atom stereocenters. The van der Waals surface area contributed by atoms with Crippen LogP contribution in [0.1, 0.15) is 32.1 Å². The topological polar surface area (TPSA) is 64.2 Å². The summed E-state index contributed by atoms with van der Waals surface area (Å²) in [7, 11) is 0. The molecule has 0 aromatic carbocycles. The lowest BCUT2D eigenvalue weighted by Crippen LogP contribution is -2.43. The number of piperidine rings is 1. The standard InChI is InChI=1S/C14H21BrN4O/c15-12-8-17-19(9-10-2-1-3-10)14(20)13(12)18-6-4-11(16)5-7-18/h8,10-11H,1-7,9,16H2. The van der Waals surface area contributed by atoms with Crippen molar-refractivity contribution in [2.24, 2.45) is 11.7 Å². The Kier molecular flexibility index (Phi) is 4.12. The predicted molar refractivity (Wildman–Crippen MR) is 83.0 cm³/mol. The van der Waals surface area contributed by atoms with E-state index in [1.807, 2.05) is 0 Å². The lowest BCUT2D eigenvalue weighted by Gasteiger charge is -2.32. The number of hydrogen-bond donors (Lipinski definition) is 1. The molecule has 0 spiro atoms. The molecule has 2 heterocycles. The SMILES string of the molecule is NC1CCN(c2c(Br)cnn(CC3CCC3)c2=O)CC1. The van der Waals surface area contributed by atoms with Gasteiger partial charge in [-0.2, -0.15) is 5.10 Å². The van der Waals surface area contributed by atoms with Crippen LogP contribution in [0.25, 0.3) is 0 Å². The van der Waals surface area contributed by atoms with E-state index in [0.717, 1.165) is 42.6 Å². The normalized spacial score (nSPS) is 21.0. The average Bonchev–Trinajstić information content (AvgIpc) is 2.38. The van der Waals surface area contributed by atoms with Crippen molar-refractivity contribution in [2.45, 2.75) is 44.7 Å². The fourth-order valence-corrected chi connectivity index (χ4v) is 3.43. The van der Waals surface area contributed by atoms with Gasteiger partial charge in [-0.15, -0.1) is 0 Å². The number of halogens is 1. The third-order valence-corrected chi connectivity index (χ3v) is 5.07. The van der Waals surface area contributed by atoms with Crippen LogP contribution in [-0.4, -0.2) is 28.9 Å². The highest BCUT2D eigenvalue weighted by Gasteiger charge is 2.24. The van der Waals surface area contributed by atoms with Gasteiger partial charge >= 0.3 is 0 Å². The van der Waals surface area contributed by atoms with Crippen molar-refractivity contribution in [2.75, 3.05) is 18.0 Å². The first-order valence-corrected chi connectivity index (χ1v) is 8.20. The average molecular weight is 341 g/mol. The van der Waals surface area contributed by atoms with E-state index in [2.05, 4.69) is 25.9 Å². The van der Waals surface area contributed by atoms with Crippen molar-refractivity contribution >= 4 is 21.6 Å². The van der Waals surface area contributed by atoms with Crippen LogP contribution in [0.2, 0.25) is 0 Å². The van der Waals surface area contributed by atoms with Gasteiger partial charge in [-0.1, -0.05) is 6.42 Å². The van der Waals surface area contributed by atoms with E-state index in [-0.39, 0.29) is 11.6 Å². The van der Waals surface area contributed by atoms with Gasteiger partial charge in [-0.3, -0.25) is 4.79 Å². The van der Waals surface area contributed by atoms with Crippen LogP contribution in [0, 0.1) is 5.92 Å². The summed E-state index contributed by atoms with van der Waals surface area (Å²) < 4.78 is 2.43. The number of hydrogen-bond acceptors (Lipinski definition) is 4. The van der Waals surface area contributed by atoms with E-state index in [0.29, 0.717) is 5.92 Å². The van der Waals surface area contributed by atoms with Crippen molar-refractivity contribution in [1.82, 2.24) is 9.78 Å². The number of nitrogens with zero attached hydrogens (tertiary/aromatic N) is 3. The molecule has 1 aliphatic heterocycles. The van der Waals surface area contributed by atoms with Gasteiger partial charge in [0, 0.05) is 25.7 Å². The van der Waals surface area contributed by atoms with Gasteiger partial charge in [-0.05, 0) is 47.5 Å². The monoisotopic (exact) mass is 340 g/mol. The molecule has 0 amide bonds. The molecule has 3 rings (SSSR count). The maximum atomic E-state index is 12.6. The van der Waals surface area contributed by atoms with Crippen molar-refractivity contribution < 1.29 is 0 Å². The molecule has 1 aromatic rings. The van der Waals surface area contributed by atoms with Gasteiger partial charge in [0.2, 0.25) is 0 Å². The first kappa shape index (κ1) is 14.1. The second kappa shape index (κ2) is 5.85. The lowest BCUT2D eigenvalue weighted by atomic mass is 9.85. The van der Waals surface area contributed by atoms with Gasteiger partial charge in [0.1, 0.15) is 5.69 Å². The summed E-state index contributed by atoms with van der Waals surface area (Å²) in [5.41, 5.74) is 6.72. The first-order valence-electron chi connectivity index (χ1n) is 7.41. The minimum absolute atomic E-state index is 0.0294. The van der Waals surface area contributed by atoms with Gasteiger partial charge in [-0.25, -0.2) is 4.68 Å². The molecule has 110 valence electrons. The van der Waals surface area contributed by atoms with Gasteiger partial charge in [0.25, 0.3) is 5.56 Å². The lowest BCUT2D eigenvalue weighted by molar-refractivity contribution is 0.261. The quantitative estimate of drug-likeness (QED) is 0.910. The van der Waals surface area contributed by atoms with Crippen LogP contribution in [0.5, 0.6) is 0 Å². The maximum absolute atomic E-state index is 12.6. The minimum Gasteiger partial charge on any atom is -0.366 e. The highest BCUT2D eigenvalue weighted by atomic mass is 79.9. The Bertz CT molecular complexity index is 532. The van der Waals surface area contributed by atoms with Crippen LogP contribution in [0.15, 0.2) is 15.5 Å². The molecular formula is C14H21BrN4O. The van der Waals surface area contributed by atoms with Crippen LogP contribution in [0.4, 0.5) is 5.69 Å². The van der Waals surface area contributed by atoms with Gasteiger partial charge < -0.3 is 10.6 Å². The van der Waals surface area contributed by atoms with Crippen LogP contribution >= 0.6 is 15.9 Å². The molecule has 0 unspecified atom stereocenters. The number of rotatable bonds is 3. The largest absolute Gasteiger partial charge is 0.366 e. The van der Waals surface area contributed by atoms with E-state index in [1.54, 1.807) is 10.9 Å². The Morgan fingerprint density at radius 2 is 2.00 bits per heavy atom. The number of nitrogens with two attached hydrogens (primary N) is 1. The molecule has 0 radical (unpaired) electrons. The van der Waals surface area contributed by atoms with Crippen molar-refractivity contribution in [1.29, 1.82) is 0 Å². The zero-order chi connectivity index (χ0) is 14.1. The highest BCUT2D eigenvalue weighted by molar-refractivity contribution is 9.10. The summed E-state index contributed by atoms with van der Waals surface area (Å²) in [6.07, 6.45) is 7.36. The minimum atomic E-state index is 0.0294. The summed E-state index contributed by atoms with van der Waals surface area (Å²) >= 11 is 3.48. The molecule has 5 nitrogen and oxygen atoms in total. The highest BCUT2D eigenvalue weighted by Crippen LogP contribution is 2.28. The Balaban J connectivity index is 1.85. The number of anilines is 1. The zero-order valence-electron chi connectivity index (χ0n) is 11.6. The van der Waals surface area contributed by atoms with Crippen molar-refractivity contribution in [3.63, 3.8) is 0 Å². The summed E-state index contributed by atoms with van der Waals surface area (Å²) in [6, 6.07) is 0.268. The third kappa shape index (κ3) is 2.76. The zero-order valence-corrected chi connectivity index (χ0v) is 13.2. The molecule has 20 heavy (non-hydrogen) atoms. The van der Waals surface area contributed by atoms with E-state index in [9.17, 15) is 4.79 Å². The molecule has 2 N–H and O–H groups in total. The molecule has 6 heteroatoms. The maximum Gasteiger partial charge on any atom is 0.291 e. The van der Waals surface area contributed by atoms with Gasteiger partial charge in [0.05, 0.1) is 10.7 Å². The van der Waals surface area contributed by atoms with Crippen LogP contribution in [0.3, 0.4) is 0 Å². The van der Waals surface area contributed by atoms with Crippen molar-refractivity contribution in [3.8, 4) is 0 Å². The summed E-state index contributed by atoms with van der Waals surface area (Å²) in [4.78, 5) is 14.8. The molecule has 0 bridgehead atoms. The molecule has 2 aliphatic rings. The fourth-order valence-electron chi connectivity index (χ4n) is 2.92. The Morgan fingerprint density at radius 3 is 2.60 bits per heavy atom. The first-order chi connectivity index (χ1) is 9.65. The summed E-state index contributed by atoms with van der Waals surface area (Å²) in [5.74, 6) is 0.629. The molecular weight excluding hydrogens is 320 g/mol.